The van der Waals surface area contributed by atoms with E-state index in [2.05, 4.69) is 0 Å². The van der Waals surface area contributed by atoms with E-state index in [1.165, 1.54) is 0 Å². The molecule has 0 radical (unpaired) electrons. The van der Waals surface area contributed by atoms with Crippen molar-refractivity contribution in [2.45, 2.75) is 19.3 Å². The van der Waals surface area contributed by atoms with Gasteiger partial charge in [-0.15, -0.1) is 0 Å². The van der Waals surface area contributed by atoms with Crippen LogP contribution in [-0.4, -0.2) is 26.0 Å². The van der Waals surface area contributed by atoms with Gasteiger partial charge in [-0.05, 0) is 13.0 Å². The van der Waals surface area contributed by atoms with Crippen molar-refractivity contribution in [2.24, 2.45) is 5.73 Å². The smallest absolute Gasteiger partial charge is 0.170 e. The molecule has 1 aromatic carbocycles. The Morgan fingerprint density at radius 3 is 2.94 bits per heavy atom. The molecule has 1 aliphatic rings. The monoisotopic (exact) mass is 223 g/mol. The quantitative estimate of drug-likeness (QED) is 0.839. The normalized spacial score (nSPS) is 24.6. The first-order valence-electron chi connectivity index (χ1n) is 5.54. The van der Waals surface area contributed by atoms with Gasteiger partial charge < -0.3 is 19.9 Å². The molecule has 1 heterocycles. The zero-order chi connectivity index (χ0) is 11.4. The van der Waals surface area contributed by atoms with Crippen molar-refractivity contribution in [3.63, 3.8) is 0 Å². The fourth-order valence-electron chi connectivity index (χ4n) is 1.78. The Labute approximate surface area is 95.3 Å². The summed E-state index contributed by atoms with van der Waals surface area (Å²) < 4.78 is 16.6. The lowest BCUT2D eigenvalue weighted by Gasteiger charge is -2.14. The van der Waals surface area contributed by atoms with Crippen LogP contribution in [0.3, 0.4) is 0 Å². The molecule has 1 saturated heterocycles. The fourth-order valence-corrected chi connectivity index (χ4v) is 1.78. The maximum Gasteiger partial charge on any atom is 0.170 e. The zero-order valence-corrected chi connectivity index (χ0v) is 9.39. The van der Waals surface area contributed by atoms with E-state index in [9.17, 15) is 0 Å². The second kappa shape index (κ2) is 5.30. The van der Waals surface area contributed by atoms with Crippen molar-refractivity contribution in [1.82, 2.24) is 0 Å². The predicted octanol–water partition coefficient (Wildman–Crippen LogP) is 1.46. The van der Waals surface area contributed by atoms with Gasteiger partial charge in [0.2, 0.25) is 0 Å². The summed E-state index contributed by atoms with van der Waals surface area (Å²) in [7, 11) is 0. The largest absolute Gasteiger partial charge is 0.493 e. The number of hydrogen-bond donors (Lipinski definition) is 1. The van der Waals surface area contributed by atoms with Gasteiger partial charge in [-0.25, -0.2) is 0 Å². The van der Waals surface area contributed by atoms with Gasteiger partial charge in [0.1, 0.15) is 11.9 Å². The fraction of sp³-hybridized carbons (Fsp3) is 0.500. The average Bonchev–Trinajstić information content (AvgIpc) is 2.79. The molecule has 16 heavy (non-hydrogen) atoms. The maximum absolute atomic E-state index is 5.66. The van der Waals surface area contributed by atoms with Gasteiger partial charge in [0.05, 0.1) is 13.2 Å². The molecule has 1 fully saturated rings. The van der Waals surface area contributed by atoms with Gasteiger partial charge in [0.25, 0.3) is 0 Å². The number of ether oxygens (including phenoxy) is 3. The molecular weight excluding hydrogens is 206 g/mol. The Hall–Kier alpha value is -1.10. The summed E-state index contributed by atoms with van der Waals surface area (Å²) in [6, 6.07) is 7.86. The molecule has 1 aromatic rings. The molecule has 0 bridgehead atoms. The Morgan fingerprint density at radius 2 is 2.25 bits per heavy atom. The SMILES string of the molecule is CCOc1ccccc1C1COC(CN)O1. The van der Waals surface area contributed by atoms with E-state index in [0.717, 1.165) is 11.3 Å². The summed E-state index contributed by atoms with van der Waals surface area (Å²) in [4.78, 5) is 0. The van der Waals surface area contributed by atoms with Gasteiger partial charge in [-0.1, -0.05) is 18.2 Å². The highest BCUT2D eigenvalue weighted by Gasteiger charge is 2.28. The summed E-state index contributed by atoms with van der Waals surface area (Å²) >= 11 is 0. The van der Waals surface area contributed by atoms with Crippen molar-refractivity contribution in [3.05, 3.63) is 29.8 Å². The number of benzene rings is 1. The van der Waals surface area contributed by atoms with E-state index in [0.29, 0.717) is 19.8 Å². The summed E-state index contributed by atoms with van der Waals surface area (Å²) in [6.07, 6.45) is -0.365. The molecular formula is C12H17NO3. The second-order valence-electron chi connectivity index (χ2n) is 3.59. The third-order valence-electron chi connectivity index (χ3n) is 2.51. The van der Waals surface area contributed by atoms with Gasteiger partial charge in [-0.3, -0.25) is 0 Å². The van der Waals surface area contributed by atoms with E-state index >= 15 is 0 Å². The zero-order valence-electron chi connectivity index (χ0n) is 9.39. The molecule has 4 heteroatoms. The highest BCUT2D eigenvalue weighted by Crippen LogP contribution is 2.32. The van der Waals surface area contributed by atoms with Crippen LogP contribution >= 0.6 is 0 Å². The minimum absolute atomic E-state index is 0.0729. The molecule has 0 amide bonds. The first kappa shape index (κ1) is 11.4. The van der Waals surface area contributed by atoms with Crippen LogP contribution in [-0.2, 0) is 9.47 Å². The van der Waals surface area contributed by atoms with E-state index in [-0.39, 0.29) is 12.4 Å². The van der Waals surface area contributed by atoms with Crippen LogP contribution in [0.4, 0.5) is 0 Å². The Kier molecular flexibility index (Phi) is 3.77. The van der Waals surface area contributed by atoms with E-state index in [1.54, 1.807) is 0 Å². The number of rotatable bonds is 4. The number of nitrogens with two attached hydrogens (primary N) is 1. The standard InChI is InChI=1S/C12H17NO3/c1-2-14-10-6-4-3-5-9(10)11-8-15-12(7-13)16-11/h3-6,11-12H,2,7-8,13H2,1H3. The summed E-state index contributed by atoms with van der Waals surface area (Å²) in [5.74, 6) is 0.858. The lowest BCUT2D eigenvalue weighted by Crippen LogP contribution is -2.20. The average molecular weight is 223 g/mol. The van der Waals surface area contributed by atoms with Crippen LogP contribution in [0, 0.1) is 0 Å². The van der Waals surface area contributed by atoms with Gasteiger partial charge in [0.15, 0.2) is 6.29 Å². The molecule has 4 nitrogen and oxygen atoms in total. The molecule has 2 unspecified atom stereocenters. The molecule has 0 saturated carbocycles. The number of para-hydroxylation sites is 1. The van der Waals surface area contributed by atoms with E-state index < -0.39 is 0 Å². The lowest BCUT2D eigenvalue weighted by atomic mass is 10.1. The van der Waals surface area contributed by atoms with Crippen LogP contribution in [0.1, 0.15) is 18.6 Å². The molecule has 1 aliphatic heterocycles. The molecule has 2 rings (SSSR count). The molecule has 0 aliphatic carbocycles. The van der Waals surface area contributed by atoms with Crippen molar-refractivity contribution in [1.29, 1.82) is 0 Å². The molecule has 2 atom stereocenters. The summed E-state index contributed by atoms with van der Waals surface area (Å²) in [5, 5.41) is 0. The van der Waals surface area contributed by atoms with Gasteiger partial charge in [0, 0.05) is 12.1 Å². The highest BCUT2D eigenvalue weighted by atomic mass is 16.7. The Morgan fingerprint density at radius 1 is 1.44 bits per heavy atom. The minimum Gasteiger partial charge on any atom is -0.493 e. The Balaban J connectivity index is 2.14. The van der Waals surface area contributed by atoms with Gasteiger partial charge >= 0.3 is 0 Å². The second-order valence-corrected chi connectivity index (χ2v) is 3.59. The van der Waals surface area contributed by atoms with Crippen LogP contribution in [0.2, 0.25) is 0 Å². The highest BCUT2D eigenvalue weighted by molar-refractivity contribution is 5.35. The summed E-state index contributed by atoms with van der Waals surface area (Å²) in [6.45, 7) is 3.52. The molecule has 0 spiro atoms. The van der Waals surface area contributed by atoms with Crippen molar-refractivity contribution < 1.29 is 14.2 Å². The topological polar surface area (TPSA) is 53.7 Å². The van der Waals surface area contributed by atoms with Crippen molar-refractivity contribution in [3.8, 4) is 5.75 Å². The molecule has 2 N–H and O–H groups in total. The Bertz CT molecular complexity index is 343. The minimum atomic E-state index is -0.292. The number of hydrogen-bond acceptors (Lipinski definition) is 4. The third-order valence-corrected chi connectivity index (χ3v) is 2.51. The van der Waals surface area contributed by atoms with Crippen LogP contribution in [0.15, 0.2) is 24.3 Å². The first-order valence-corrected chi connectivity index (χ1v) is 5.54. The predicted molar refractivity (Wildman–Crippen MR) is 60.2 cm³/mol. The van der Waals surface area contributed by atoms with Gasteiger partial charge in [-0.2, -0.15) is 0 Å². The first-order chi connectivity index (χ1) is 7.85. The summed E-state index contributed by atoms with van der Waals surface area (Å²) in [5.41, 5.74) is 6.52. The van der Waals surface area contributed by atoms with Crippen LogP contribution in [0.25, 0.3) is 0 Å². The van der Waals surface area contributed by atoms with Crippen LogP contribution < -0.4 is 10.5 Å². The van der Waals surface area contributed by atoms with E-state index in [4.69, 9.17) is 19.9 Å². The molecule has 0 aromatic heterocycles. The van der Waals surface area contributed by atoms with Crippen molar-refractivity contribution >= 4 is 0 Å². The lowest BCUT2D eigenvalue weighted by molar-refractivity contribution is -0.0500. The molecule has 88 valence electrons. The van der Waals surface area contributed by atoms with E-state index in [1.807, 2.05) is 31.2 Å². The van der Waals surface area contributed by atoms with Crippen LogP contribution in [0.5, 0.6) is 5.75 Å². The third kappa shape index (κ3) is 2.35. The van der Waals surface area contributed by atoms with Crippen molar-refractivity contribution in [2.75, 3.05) is 19.8 Å². The maximum atomic E-state index is 5.66.